The molecule has 3 rings (SSSR count). The first kappa shape index (κ1) is 16.4. The van der Waals surface area contributed by atoms with Crippen LogP contribution in [0.15, 0.2) is 29.3 Å². The minimum Gasteiger partial charge on any atom is -0.360 e. The van der Waals surface area contributed by atoms with E-state index in [-0.39, 0.29) is 17.8 Å². The Labute approximate surface area is 135 Å². The van der Waals surface area contributed by atoms with Gasteiger partial charge in [0.15, 0.2) is 0 Å². The Morgan fingerprint density at radius 2 is 1.67 bits per heavy atom. The fourth-order valence-electron chi connectivity index (χ4n) is 3.25. The van der Waals surface area contributed by atoms with E-state index in [4.69, 9.17) is 4.99 Å². The van der Waals surface area contributed by atoms with Crippen molar-refractivity contribution in [3.8, 4) is 0 Å². The molecule has 0 saturated carbocycles. The first-order valence-electron chi connectivity index (χ1n) is 7.93. The van der Waals surface area contributed by atoms with Crippen LogP contribution in [0.5, 0.6) is 0 Å². The summed E-state index contributed by atoms with van der Waals surface area (Å²) in [7, 11) is 0. The van der Waals surface area contributed by atoms with Crippen molar-refractivity contribution in [3.63, 3.8) is 0 Å². The van der Waals surface area contributed by atoms with Crippen molar-refractivity contribution in [2.45, 2.75) is 51.4 Å². The molecule has 0 aromatic heterocycles. The molecule has 0 bridgehead atoms. The Morgan fingerprint density at radius 3 is 2.24 bits per heavy atom. The lowest BCUT2D eigenvalue weighted by molar-refractivity contribution is 0.509. The number of rotatable bonds is 1. The van der Waals surface area contributed by atoms with Crippen LogP contribution < -0.4 is 0 Å². The number of benzene rings is 1. The molecular formula is C18H27ClN2. The van der Waals surface area contributed by atoms with Crippen molar-refractivity contribution in [1.29, 1.82) is 0 Å². The smallest absolute Gasteiger partial charge is 0.0996 e. The molecule has 1 unspecified atom stereocenters. The van der Waals surface area contributed by atoms with E-state index in [9.17, 15) is 0 Å². The zero-order chi connectivity index (χ0) is 14.2. The molecule has 116 valence electrons. The van der Waals surface area contributed by atoms with Crippen LogP contribution in [-0.4, -0.2) is 30.4 Å². The number of hydrogen-bond acceptors (Lipinski definition) is 2. The number of likely N-dealkylation sites (tertiary alicyclic amines) is 1. The summed E-state index contributed by atoms with van der Waals surface area (Å²) < 4.78 is 0. The number of aliphatic imine (C=N–C) groups is 1. The minimum atomic E-state index is 0. The fraction of sp³-hybridized carbons (Fsp3) is 0.611. The number of amidine groups is 1. The number of halogens is 1. The summed E-state index contributed by atoms with van der Waals surface area (Å²) in [6.45, 7) is 10.2. The number of nitrogens with zero attached hydrogens (tertiary/aromatic N) is 2. The zero-order valence-corrected chi connectivity index (χ0v) is 14.2. The van der Waals surface area contributed by atoms with Gasteiger partial charge in [-0.2, -0.15) is 0 Å². The molecule has 0 radical (unpaired) electrons. The van der Waals surface area contributed by atoms with Gasteiger partial charge in [0, 0.05) is 32.0 Å². The zero-order valence-electron chi connectivity index (χ0n) is 13.4. The second kappa shape index (κ2) is 6.39. The molecule has 1 saturated heterocycles. The minimum absolute atomic E-state index is 0. The van der Waals surface area contributed by atoms with E-state index in [1.54, 1.807) is 0 Å². The Bertz CT molecular complexity index is 493. The molecule has 0 amide bonds. The Kier molecular flexibility index (Phi) is 4.98. The van der Waals surface area contributed by atoms with Gasteiger partial charge in [0.1, 0.15) is 0 Å². The molecule has 1 aromatic carbocycles. The molecule has 1 atom stereocenters. The maximum absolute atomic E-state index is 4.79. The van der Waals surface area contributed by atoms with Crippen LogP contribution in [0, 0.1) is 0 Å². The number of hydrogen-bond donors (Lipinski definition) is 0. The third-order valence-electron chi connectivity index (χ3n) is 4.64. The third-order valence-corrected chi connectivity index (χ3v) is 4.64. The van der Waals surface area contributed by atoms with Gasteiger partial charge in [-0.15, -0.1) is 12.4 Å². The van der Waals surface area contributed by atoms with Crippen molar-refractivity contribution < 1.29 is 0 Å². The predicted molar refractivity (Wildman–Crippen MR) is 92.9 cm³/mol. The lowest BCUT2D eigenvalue weighted by atomic mass is 9.85. The molecule has 1 fully saturated rings. The highest BCUT2D eigenvalue weighted by Gasteiger charge is 2.26. The second-order valence-corrected chi connectivity index (χ2v) is 7.22. The van der Waals surface area contributed by atoms with Crippen molar-refractivity contribution in [1.82, 2.24) is 4.90 Å². The van der Waals surface area contributed by atoms with E-state index in [2.05, 4.69) is 49.9 Å². The average Bonchev–Trinajstić information content (AvgIpc) is 3.09. The van der Waals surface area contributed by atoms with Gasteiger partial charge in [0.2, 0.25) is 0 Å². The highest BCUT2D eigenvalue weighted by Crippen LogP contribution is 2.30. The molecule has 0 aliphatic carbocycles. The van der Waals surface area contributed by atoms with E-state index in [0.717, 1.165) is 13.0 Å². The Hall–Kier alpha value is -1.02. The van der Waals surface area contributed by atoms with E-state index >= 15 is 0 Å². The molecule has 2 nitrogen and oxygen atoms in total. The molecule has 0 spiro atoms. The Balaban J connectivity index is 0.00000161. The van der Waals surface area contributed by atoms with Crippen LogP contribution in [0.25, 0.3) is 0 Å². The van der Waals surface area contributed by atoms with E-state index in [1.807, 2.05) is 0 Å². The summed E-state index contributed by atoms with van der Waals surface area (Å²) in [6.07, 6.45) is 3.81. The molecule has 2 aliphatic heterocycles. The predicted octanol–water partition coefficient (Wildman–Crippen LogP) is 4.39. The largest absolute Gasteiger partial charge is 0.360 e. The first-order valence-corrected chi connectivity index (χ1v) is 7.93. The summed E-state index contributed by atoms with van der Waals surface area (Å²) in [4.78, 5) is 7.28. The summed E-state index contributed by atoms with van der Waals surface area (Å²) >= 11 is 0. The summed E-state index contributed by atoms with van der Waals surface area (Å²) in [5.41, 5.74) is 3.11. The van der Waals surface area contributed by atoms with Crippen molar-refractivity contribution in [3.05, 3.63) is 35.4 Å². The standard InChI is InChI=1S/C18H26N2.ClH/c1-18(2,3)16-8-6-14(7-9-16)15-12-17(19-13-15)20-10-4-5-11-20;/h6-9,15H,4-5,10-13H2,1-3H3;1H. The molecule has 2 aliphatic rings. The van der Waals surface area contributed by atoms with Crippen LogP contribution in [0.1, 0.15) is 57.1 Å². The fourth-order valence-corrected chi connectivity index (χ4v) is 3.25. The molecule has 21 heavy (non-hydrogen) atoms. The normalized spacial score (nSPS) is 22.1. The van der Waals surface area contributed by atoms with Gasteiger partial charge in [0.05, 0.1) is 5.84 Å². The average molecular weight is 307 g/mol. The first-order chi connectivity index (χ1) is 9.54. The SMILES string of the molecule is CC(C)(C)c1ccc(C2CN=C(N3CCCC3)C2)cc1.Cl. The lowest BCUT2D eigenvalue weighted by Crippen LogP contribution is -2.26. The van der Waals surface area contributed by atoms with Gasteiger partial charge in [-0.25, -0.2) is 0 Å². The maximum atomic E-state index is 4.79. The lowest BCUT2D eigenvalue weighted by Gasteiger charge is -2.20. The molecule has 0 N–H and O–H groups in total. The van der Waals surface area contributed by atoms with Crippen molar-refractivity contribution in [2.24, 2.45) is 4.99 Å². The van der Waals surface area contributed by atoms with Crippen molar-refractivity contribution in [2.75, 3.05) is 19.6 Å². The van der Waals surface area contributed by atoms with Crippen LogP contribution in [0.3, 0.4) is 0 Å². The summed E-state index contributed by atoms with van der Waals surface area (Å²) in [6, 6.07) is 9.22. The molecule has 3 heteroatoms. The van der Waals surface area contributed by atoms with Gasteiger partial charge in [0.25, 0.3) is 0 Å². The van der Waals surface area contributed by atoms with E-state index in [1.165, 1.54) is 42.9 Å². The van der Waals surface area contributed by atoms with Crippen LogP contribution in [0.4, 0.5) is 0 Å². The quantitative estimate of drug-likeness (QED) is 0.751. The van der Waals surface area contributed by atoms with E-state index in [0.29, 0.717) is 5.92 Å². The van der Waals surface area contributed by atoms with Gasteiger partial charge in [-0.3, -0.25) is 4.99 Å². The highest BCUT2D eigenvalue weighted by atomic mass is 35.5. The third kappa shape index (κ3) is 3.60. The highest BCUT2D eigenvalue weighted by molar-refractivity contribution is 5.85. The van der Waals surface area contributed by atoms with E-state index < -0.39 is 0 Å². The van der Waals surface area contributed by atoms with Gasteiger partial charge >= 0.3 is 0 Å². The van der Waals surface area contributed by atoms with Gasteiger partial charge in [-0.05, 0) is 29.4 Å². The Morgan fingerprint density at radius 1 is 1.05 bits per heavy atom. The maximum Gasteiger partial charge on any atom is 0.0996 e. The molecule has 2 heterocycles. The van der Waals surface area contributed by atoms with Crippen LogP contribution >= 0.6 is 12.4 Å². The monoisotopic (exact) mass is 306 g/mol. The molecule has 1 aromatic rings. The van der Waals surface area contributed by atoms with Crippen molar-refractivity contribution >= 4 is 18.2 Å². The van der Waals surface area contributed by atoms with Gasteiger partial charge in [-0.1, -0.05) is 45.0 Å². The molecular weight excluding hydrogens is 280 g/mol. The summed E-state index contributed by atoms with van der Waals surface area (Å²) in [5, 5.41) is 0. The topological polar surface area (TPSA) is 15.6 Å². The second-order valence-electron chi connectivity index (χ2n) is 7.22. The van der Waals surface area contributed by atoms with Crippen LogP contribution in [-0.2, 0) is 5.41 Å². The van der Waals surface area contributed by atoms with Gasteiger partial charge < -0.3 is 4.90 Å². The summed E-state index contributed by atoms with van der Waals surface area (Å²) in [5.74, 6) is 1.95. The van der Waals surface area contributed by atoms with Crippen LogP contribution in [0.2, 0.25) is 0 Å².